The maximum absolute atomic E-state index is 13.2. The molecule has 18 heavy (non-hydrogen) atoms. The van der Waals surface area contributed by atoms with Gasteiger partial charge in [-0.25, -0.2) is 9.37 Å². The molecule has 0 aliphatic heterocycles. The van der Waals surface area contributed by atoms with Crippen molar-refractivity contribution in [3.63, 3.8) is 0 Å². The molecule has 6 heteroatoms. The van der Waals surface area contributed by atoms with Crippen LogP contribution in [-0.2, 0) is 6.42 Å². The largest absolute Gasteiger partial charge is 0.475 e. The van der Waals surface area contributed by atoms with Crippen LogP contribution >= 0.6 is 11.6 Å². The molecular weight excluding hydrogens is 262 g/mol. The van der Waals surface area contributed by atoms with Crippen molar-refractivity contribution < 1.29 is 13.5 Å². The molecule has 1 aromatic heterocycles. The standard InChI is InChI=1S/C12H9ClF2N2O/c13-12-16-7-10(15)11(17-12)18-6-5-8-1-3-9(14)4-2-8/h1-4,7H,5-6H2. The highest BCUT2D eigenvalue weighted by Gasteiger charge is 2.07. The zero-order chi connectivity index (χ0) is 13.0. The van der Waals surface area contributed by atoms with E-state index < -0.39 is 5.82 Å². The molecule has 0 N–H and O–H groups in total. The van der Waals surface area contributed by atoms with E-state index in [-0.39, 0.29) is 23.6 Å². The van der Waals surface area contributed by atoms with Gasteiger partial charge < -0.3 is 4.74 Å². The number of rotatable bonds is 4. The van der Waals surface area contributed by atoms with Crippen LogP contribution in [-0.4, -0.2) is 16.6 Å². The van der Waals surface area contributed by atoms with E-state index in [9.17, 15) is 8.78 Å². The van der Waals surface area contributed by atoms with E-state index in [1.807, 2.05) is 0 Å². The smallest absolute Gasteiger partial charge is 0.254 e. The summed E-state index contributed by atoms with van der Waals surface area (Å²) >= 11 is 5.52. The number of aromatic nitrogens is 2. The van der Waals surface area contributed by atoms with Gasteiger partial charge in [0, 0.05) is 6.42 Å². The molecule has 2 rings (SSSR count). The maximum atomic E-state index is 13.2. The van der Waals surface area contributed by atoms with Crippen molar-refractivity contribution in [2.24, 2.45) is 0 Å². The molecule has 0 spiro atoms. The molecule has 0 amide bonds. The zero-order valence-corrected chi connectivity index (χ0v) is 9.99. The van der Waals surface area contributed by atoms with Gasteiger partial charge in [-0.05, 0) is 29.3 Å². The summed E-state index contributed by atoms with van der Waals surface area (Å²) < 4.78 is 31.0. The highest BCUT2D eigenvalue weighted by atomic mass is 35.5. The van der Waals surface area contributed by atoms with Crippen molar-refractivity contribution in [2.75, 3.05) is 6.61 Å². The fraction of sp³-hybridized carbons (Fsp3) is 0.167. The third kappa shape index (κ3) is 3.37. The number of ether oxygens (including phenoxy) is 1. The van der Waals surface area contributed by atoms with Crippen molar-refractivity contribution in [1.82, 2.24) is 9.97 Å². The molecule has 1 aromatic carbocycles. The first-order valence-electron chi connectivity index (χ1n) is 5.20. The van der Waals surface area contributed by atoms with Gasteiger partial charge in [-0.3, -0.25) is 0 Å². The van der Waals surface area contributed by atoms with Crippen LogP contribution in [0.3, 0.4) is 0 Å². The molecule has 0 radical (unpaired) electrons. The highest BCUT2D eigenvalue weighted by molar-refractivity contribution is 6.28. The molecule has 0 bridgehead atoms. The Morgan fingerprint density at radius 3 is 2.61 bits per heavy atom. The summed E-state index contributed by atoms with van der Waals surface area (Å²) in [7, 11) is 0. The lowest BCUT2D eigenvalue weighted by Gasteiger charge is -2.06. The van der Waals surface area contributed by atoms with Crippen molar-refractivity contribution in [3.8, 4) is 5.88 Å². The minimum Gasteiger partial charge on any atom is -0.475 e. The van der Waals surface area contributed by atoms with Gasteiger partial charge in [0.2, 0.25) is 11.1 Å². The molecule has 0 fully saturated rings. The van der Waals surface area contributed by atoms with Crippen LogP contribution in [0.1, 0.15) is 5.56 Å². The molecule has 94 valence electrons. The Kier molecular flexibility index (Phi) is 4.04. The van der Waals surface area contributed by atoms with E-state index in [1.54, 1.807) is 12.1 Å². The third-order valence-corrected chi connectivity index (χ3v) is 2.41. The summed E-state index contributed by atoms with van der Waals surface area (Å²) in [6.45, 7) is 0.218. The molecule has 0 saturated heterocycles. The minimum absolute atomic E-state index is 0.0758. The number of halogens is 3. The van der Waals surface area contributed by atoms with Gasteiger partial charge in [0.1, 0.15) is 5.82 Å². The van der Waals surface area contributed by atoms with Gasteiger partial charge in [0.15, 0.2) is 0 Å². The van der Waals surface area contributed by atoms with Gasteiger partial charge in [-0.2, -0.15) is 9.37 Å². The minimum atomic E-state index is -0.668. The van der Waals surface area contributed by atoms with E-state index >= 15 is 0 Å². The Bertz CT molecular complexity index is 534. The lowest BCUT2D eigenvalue weighted by Crippen LogP contribution is -2.05. The molecule has 0 atom stereocenters. The summed E-state index contributed by atoms with van der Waals surface area (Å²) in [6.07, 6.45) is 1.46. The molecule has 0 saturated carbocycles. The predicted molar refractivity (Wildman–Crippen MR) is 62.6 cm³/mol. The van der Waals surface area contributed by atoms with Gasteiger partial charge in [0.05, 0.1) is 12.8 Å². The molecule has 0 unspecified atom stereocenters. The molecule has 0 aliphatic carbocycles. The lowest BCUT2D eigenvalue weighted by atomic mass is 10.2. The Labute approximate surface area is 107 Å². The van der Waals surface area contributed by atoms with Gasteiger partial charge in [-0.15, -0.1) is 0 Å². The summed E-state index contributed by atoms with van der Waals surface area (Å²) in [6, 6.07) is 6.00. The van der Waals surface area contributed by atoms with Crippen LogP contribution in [0, 0.1) is 11.6 Å². The summed E-state index contributed by atoms with van der Waals surface area (Å²) in [5.74, 6) is -1.15. The predicted octanol–water partition coefficient (Wildman–Crippen LogP) is 3.03. The number of hydrogen-bond acceptors (Lipinski definition) is 3. The fourth-order valence-electron chi connectivity index (χ4n) is 1.35. The average Bonchev–Trinajstić information content (AvgIpc) is 2.36. The van der Waals surface area contributed by atoms with E-state index in [1.165, 1.54) is 12.1 Å². The quantitative estimate of drug-likeness (QED) is 0.801. The Hall–Kier alpha value is -1.75. The Balaban J connectivity index is 1.92. The summed E-state index contributed by atoms with van der Waals surface area (Å²) in [5.41, 5.74) is 0.886. The second-order valence-corrected chi connectivity index (χ2v) is 3.86. The molecule has 0 aliphatic rings. The molecular formula is C12H9ClF2N2O. The van der Waals surface area contributed by atoms with Gasteiger partial charge in [0.25, 0.3) is 5.88 Å². The first-order valence-corrected chi connectivity index (χ1v) is 5.58. The molecule has 2 aromatic rings. The van der Waals surface area contributed by atoms with Gasteiger partial charge in [-0.1, -0.05) is 12.1 Å². The van der Waals surface area contributed by atoms with Crippen LogP contribution in [0.4, 0.5) is 8.78 Å². The van der Waals surface area contributed by atoms with Crippen molar-refractivity contribution >= 4 is 11.6 Å². The SMILES string of the molecule is Fc1ccc(CCOc2nc(Cl)ncc2F)cc1. The first-order chi connectivity index (χ1) is 8.65. The van der Waals surface area contributed by atoms with Crippen molar-refractivity contribution in [3.05, 3.63) is 52.9 Å². The Morgan fingerprint density at radius 2 is 1.89 bits per heavy atom. The first kappa shape index (κ1) is 12.7. The topological polar surface area (TPSA) is 35.0 Å². The van der Waals surface area contributed by atoms with E-state index in [2.05, 4.69) is 9.97 Å². The number of nitrogens with zero attached hydrogens (tertiary/aromatic N) is 2. The average molecular weight is 271 g/mol. The van der Waals surface area contributed by atoms with Crippen molar-refractivity contribution in [1.29, 1.82) is 0 Å². The monoisotopic (exact) mass is 270 g/mol. The molecule has 1 heterocycles. The molecule has 3 nitrogen and oxygen atoms in total. The van der Waals surface area contributed by atoms with Crippen LogP contribution < -0.4 is 4.74 Å². The second kappa shape index (κ2) is 5.73. The zero-order valence-electron chi connectivity index (χ0n) is 9.24. The van der Waals surface area contributed by atoms with Crippen LogP contribution in [0.15, 0.2) is 30.5 Å². The van der Waals surface area contributed by atoms with E-state index in [0.717, 1.165) is 11.8 Å². The number of hydrogen-bond donors (Lipinski definition) is 0. The number of benzene rings is 1. The summed E-state index contributed by atoms with van der Waals surface area (Å²) in [5, 5.41) is -0.0758. The Morgan fingerprint density at radius 1 is 1.17 bits per heavy atom. The normalized spacial score (nSPS) is 10.4. The third-order valence-electron chi connectivity index (χ3n) is 2.23. The van der Waals surface area contributed by atoms with Crippen LogP contribution in [0.25, 0.3) is 0 Å². The van der Waals surface area contributed by atoms with Gasteiger partial charge >= 0.3 is 0 Å². The van der Waals surface area contributed by atoms with E-state index in [4.69, 9.17) is 16.3 Å². The van der Waals surface area contributed by atoms with Crippen LogP contribution in [0.2, 0.25) is 5.28 Å². The highest BCUT2D eigenvalue weighted by Crippen LogP contribution is 2.15. The van der Waals surface area contributed by atoms with Crippen molar-refractivity contribution in [2.45, 2.75) is 6.42 Å². The summed E-state index contributed by atoms with van der Waals surface area (Å²) in [4.78, 5) is 7.09. The maximum Gasteiger partial charge on any atom is 0.254 e. The second-order valence-electron chi connectivity index (χ2n) is 3.52. The lowest BCUT2D eigenvalue weighted by molar-refractivity contribution is 0.291. The van der Waals surface area contributed by atoms with E-state index in [0.29, 0.717) is 6.42 Å². The fourth-order valence-corrected chi connectivity index (χ4v) is 1.47. The van der Waals surface area contributed by atoms with Crippen LogP contribution in [0.5, 0.6) is 5.88 Å².